The van der Waals surface area contributed by atoms with Gasteiger partial charge in [0.2, 0.25) is 5.88 Å². The minimum Gasteiger partial charge on any atom is -0.481 e. The lowest BCUT2D eigenvalue weighted by Gasteiger charge is -2.27. The molecular formula is C24H30N4O4. The summed E-state index contributed by atoms with van der Waals surface area (Å²) in [5.74, 6) is -0.497. The maximum absolute atomic E-state index is 13.1. The lowest BCUT2D eigenvalue weighted by molar-refractivity contribution is -0.138. The lowest BCUT2D eigenvalue weighted by atomic mass is 9.95. The monoisotopic (exact) mass is 438 g/mol. The first-order valence-electron chi connectivity index (χ1n) is 11.3. The van der Waals surface area contributed by atoms with Crippen molar-refractivity contribution >= 4 is 12.0 Å². The van der Waals surface area contributed by atoms with Crippen LogP contribution in [0.15, 0.2) is 30.5 Å². The van der Waals surface area contributed by atoms with E-state index in [0.717, 1.165) is 31.4 Å². The number of aromatic nitrogens is 2. The first kappa shape index (κ1) is 22.0. The summed E-state index contributed by atoms with van der Waals surface area (Å²) in [5, 5.41) is 9.41. The average molecular weight is 439 g/mol. The maximum Gasteiger partial charge on any atom is 0.320 e. The number of hydrogen-bond donors (Lipinski definition) is 1. The van der Waals surface area contributed by atoms with Crippen molar-refractivity contribution in [2.24, 2.45) is 0 Å². The molecule has 0 saturated carbocycles. The van der Waals surface area contributed by atoms with Gasteiger partial charge in [0.25, 0.3) is 0 Å². The smallest absolute Gasteiger partial charge is 0.320 e. The number of carbonyl (C=O) groups is 2. The molecule has 2 amide bonds. The molecule has 2 aromatic rings. The zero-order valence-corrected chi connectivity index (χ0v) is 18.5. The van der Waals surface area contributed by atoms with Gasteiger partial charge in [0.05, 0.1) is 19.6 Å². The first-order chi connectivity index (χ1) is 15.5. The van der Waals surface area contributed by atoms with E-state index >= 15 is 0 Å². The van der Waals surface area contributed by atoms with Gasteiger partial charge < -0.3 is 19.6 Å². The topological polar surface area (TPSA) is 95.9 Å². The molecule has 1 saturated heterocycles. The second-order valence-electron chi connectivity index (χ2n) is 8.43. The Morgan fingerprint density at radius 3 is 2.78 bits per heavy atom. The zero-order chi connectivity index (χ0) is 22.5. The third-order valence-electron chi connectivity index (χ3n) is 6.32. The van der Waals surface area contributed by atoms with Crippen LogP contribution in [0.25, 0.3) is 0 Å². The number of rotatable bonds is 9. The highest BCUT2D eigenvalue weighted by atomic mass is 16.5. The van der Waals surface area contributed by atoms with Gasteiger partial charge in [-0.15, -0.1) is 0 Å². The van der Waals surface area contributed by atoms with Gasteiger partial charge in [-0.3, -0.25) is 9.78 Å². The van der Waals surface area contributed by atoms with E-state index in [2.05, 4.69) is 17.1 Å². The number of fused-ring (bicyclic) bond motifs is 1. The Labute approximate surface area is 188 Å². The van der Waals surface area contributed by atoms with Gasteiger partial charge in [-0.05, 0) is 55.7 Å². The number of ether oxygens (including phenoxy) is 1. The summed E-state index contributed by atoms with van der Waals surface area (Å²) >= 11 is 0. The van der Waals surface area contributed by atoms with Crippen LogP contribution in [0.2, 0.25) is 0 Å². The number of nitrogens with zero attached hydrogens (tertiary/aromatic N) is 4. The summed E-state index contributed by atoms with van der Waals surface area (Å²) in [4.78, 5) is 37.0. The number of aryl methyl sites for hydroxylation is 3. The van der Waals surface area contributed by atoms with Crippen LogP contribution in [0.1, 0.15) is 54.2 Å². The summed E-state index contributed by atoms with van der Waals surface area (Å²) in [6.07, 6.45) is 7.74. The molecule has 2 aromatic heterocycles. The Kier molecular flexibility index (Phi) is 6.87. The Morgan fingerprint density at radius 2 is 2.03 bits per heavy atom. The molecule has 170 valence electrons. The van der Waals surface area contributed by atoms with Crippen LogP contribution in [-0.4, -0.2) is 63.6 Å². The van der Waals surface area contributed by atoms with Crippen LogP contribution in [0.5, 0.6) is 5.88 Å². The van der Waals surface area contributed by atoms with E-state index < -0.39 is 12.0 Å². The van der Waals surface area contributed by atoms with Crippen molar-refractivity contribution < 1.29 is 19.4 Å². The van der Waals surface area contributed by atoms with Crippen LogP contribution in [0, 0.1) is 0 Å². The fourth-order valence-corrected chi connectivity index (χ4v) is 4.60. The number of carboxylic acids is 1. The van der Waals surface area contributed by atoms with Crippen molar-refractivity contribution in [2.45, 2.75) is 51.0 Å². The molecule has 32 heavy (non-hydrogen) atoms. The molecule has 4 rings (SSSR count). The molecule has 8 heteroatoms. The minimum atomic E-state index is -0.949. The largest absolute Gasteiger partial charge is 0.481 e. The van der Waals surface area contributed by atoms with Crippen LogP contribution in [0.3, 0.4) is 0 Å². The summed E-state index contributed by atoms with van der Waals surface area (Å²) < 4.78 is 5.08. The van der Waals surface area contributed by atoms with Gasteiger partial charge in [0.15, 0.2) is 0 Å². The second-order valence-corrected chi connectivity index (χ2v) is 8.43. The highest BCUT2D eigenvalue weighted by molar-refractivity contribution is 5.78. The van der Waals surface area contributed by atoms with E-state index in [1.54, 1.807) is 23.2 Å². The normalized spacial score (nSPS) is 16.7. The molecule has 0 bridgehead atoms. The van der Waals surface area contributed by atoms with Crippen molar-refractivity contribution in [2.75, 3.05) is 26.7 Å². The van der Waals surface area contributed by atoms with Gasteiger partial charge in [0, 0.05) is 43.3 Å². The summed E-state index contributed by atoms with van der Waals surface area (Å²) in [6.45, 7) is 1.73. The minimum absolute atomic E-state index is 0.120. The maximum atomic E-state index is 13.1. The number of hydrogen-bond acceptors (Lipinski definition) is 5. The summed E-state index contributed by atoms with van der Waals surface area (Å²) in [7, 11) is 1.53. The van der Waals surface area contributed by atoms with Gasteiger partial charge in [-0.1, -0.05) is 12.1 Å². The van der Waals surface area contributed by atoms with Crippen molar-refractivity contribution in [1.29, 1.82) is 0 Å². The van der Waals surface area contributed by atoms with Gasteiger partial charge >= 0.3 is 12.0 Å². The molecule has 0 radical (unpaired) electrons. The van der Waals surface area contributed by atoms with Crippen molar-refractivity contribution in [3.8, 4) is 5.88 Å². The number of methoxy groups -OCH3 is 1. The van der Waals surface area contributed by atoms with E-state index in [4.69, 9.17) is 9.72 Å². The molecule has 8 nitrogen and oxygen atoms in total. The summed E-state index contributed by atoms with van der Waals surface area (Å²) in [5.41, 5.74) is 4.40. The van der Waals surface area contributed by atoms with Gasteiger partial charge in [-0.25, -0.2) is 9.78 Å². The molecule has 1 fully saturated rings. The lowest BCUT2D eigenvalue weighted by Crippen LogP contribution is -2.36. The van der Waals surface area contributed by atoms with E-state index in [0.29, 0.717) is 31.1 Å². The third kappa shape index (κ3) is 5.00. The summed E-state index contributed by atoms with van der Waals surface area (Å²) in [6, 6.07) is 7.11. The van der Waals surface area contributed by atoms with Gasteiger partial charge in [0.1, 0.15) is 0 Å². The number of carboxylic acid groups (broad SMARTS) is 1. The van der Waals surface area contributed by atoms with Crippen LogP contribution < -0.4 is 4.74 Å². The van der Waals surface area contributed by atoms with E-state index in [-0.39, 0.29) is 12.5 Å². The third-order valence-corrected chi connectivity index (χ3v) is 6.32. The molecule has 0 aromatic carbocycles. The average Bonchev–Trinajstić information content (AvgIpc) is 3.17. The molecule has 1 N–H and O–H groups in total. The number of carbonyl (C=O) groups excluding carboxylic acids is 1. The molecule has 0 spiro atoms. The standard InChI is InChI=1S/C24H30N4O4/c1-32-22-11-9-18(16-25-22)21(15-23(29)30)28-14-13-27(24(28)31)12-4-6-19-10-8-17-5-2-3-7-20(17)26-19/h8-11,16,21H,2-7,12-15H2,1H3,(H,29,30). The highest BCUT2D eigenvalue weighted by Gasteiger charge is 2.35. The number of pyridine rings is 2. The van der Waals surface area contributed by atoms with Crippen LogP contribution in [-0.2, 0) is 24.1 Å². The van der Waals surface area contributed by atoms with Crippen LogP contribution in [0.4, 0.5) is 4.79 Å². The predicted octanol–water partition coefficient (Wildman–Crippen LogP) is 3.25. The fourth-order valence-electron chi connectivity index (χ4n) is 4.60. The molecule has 3 heterocycles. The van der Waals surface area contributed by atoms with Gasteiger partial charge in [-0.2, -0.15) is 0 Å². The van der Waals surface area contributed by atoms with Crippen molar-refractivity contribution in [1.82, 2.24) is 19.8 Å². The predicted molar refractivity (Wildman–Crippen MR) is 119 cm³/mol. The fraction of sp³-hybridized carbons (Fsp3) is 0.500. The Morgan fingerprint density at radius 1 is 1.19 bits per heavy atom. The van der Waals surface area contributed by atoms with Crippen molar-refractivity contribution in [3.63, 3.8) is 0 Å². The Hall–Kier alpha value is -3.16. The van der Waals surface area contributed by atoms with Crippen molar-refractivity contribution in [3.05, 3.63) is 53.0 Å². The Balaban J connectivity index is 1.36. The highest BCUT2D eigenvalue weighted by Crippen LogP contribution is 2.29. The molecule has 1 atom stereocenters. The molecular weight excluding hydrogens is 408 g/mol. The molecule has 1 aliphatic carbocycles. The second kappa shape index (κ2) is 9.97. The SMILES string of the molecule is COc1ccc(C(CC(=O)O)N2CCN(CCCc3ccc4c(n3)CCCC4)C2=O)cn1. The number of urea groups is 1. The van der Waals surface area contributed by atoms with E-state index in [9.17, 15) is 14.7 Å². The number of aliphatic carboxylic acids is 1. The first-order valence-corrected chi connectivity index (χ1v) is 11.3. The van der Waals surface area contributed by atoms with Crippen LogP contribution >= 0.6 is 0 Å². The number of amides is 2. The van der Waals surface area contributed by atoms with E-state index in [1.165, 1.54) is 31.2 Å². The molecule has 1 unspecified atom stereocenters. The van der Waals surface area contributed by atoms with E-state index in [1.807, 2.05) is 4.90 Å². The molecule has 2 aliphatic rings. The zero-order valence-electron chi connectivity index (χ0n) is 18.5. The Bertz CT molecular complexity index is 963. The molecule has 1 aliphatic heterocycles. The quantitative estimate of drug-likeness (QED) is 0.646.